The number of rotatable bonds is 4. The van der Waals surface area contributed by atoms with Crippen molar-refractivity contribution >= 4 is 30.6 Å². The van der Waals surface area contributed by atoms with Gasteiger partial charge in [-0.1, -0.05) is 6.07 Å². The number of carboxylic acids is 1. The van der Waals surface area contributed by atoms with Crippen molar-refractivity contribution in [2.24, 2.45) is 11.8 Å². The Balaban J connectivity index is 0.00000144. The minimum absolute atomic E-state index is 0. The van der Waals surface area contributed by atoms with Gasteiger partial charge in [-0.15, -0.1) is 0 Å². The maximum Gasteiger partial charge on any atom is 0.338 e. The number of carbonyl (C=O) groups is 1. The average Bonchev–Trinajstić information content (AvgIpc) is 2.90. The van der Waals surface area contributed by atoms with Crippen LogP contribution in [0, 0.1) is 11.8 Å². The second-order valence-electron chi connectivity index (χ2n) is 5.92. The maximum absolute atomic E-state index is 10.8. The van der Waals surface area contributed by atoms with Gasteiger partial charge in [-0.2, -0.15) is 5.10 Å². The Morgan fingerprint density at radius 1 is 1.27 bits per heavy atom. The van der Waals surface area contributed by atoms with Gasteiger partial charge in [0.1, 0.15) is 5.82 Å². The molecule has 1 saturated carbocycles. The summed E-state index contributed by atoms with van der Waals surface area (Å²) in [4.78, 5) is 17.7. The van der Waals surface area contributed by atoms with Crippen molar-refractivity contribution in [3.8, 4) is 0 Å². The van der Waals surface area contributed by atoms with E-state index in [0.717, 1.165) is 36.3 Å². The van der Waals surface area contributed by atoms with Crippen LogP contribution >= 0.6 is 0 Å². The zero-order valence-electron chi connectivity index (χ0n) is 12.5. The molecule has 1 aliphatic carbocycles. The molecule has 1 aliphatic heterocycles. The fourth-order valence-electron chi connectivity index (χ4n) is 3.03. The Hall–Kier alpha value is -1.77. The van der Waals surface area contributed by atoms with Gasteiger partial charge in [0.05, 0.1) is 18.3 Å². The average molecular weight is 291 g/mol. The van der Waals surface area contributed by atoms with E-state index in [9.17, 15) is 4.79 Å². The molecule has 109 valence electrons. The number of pyridine rings is 1. The van der Waals surface area contributed by atoms with Crippen LogP contribution in [0.2, 0.25) is 0 Å². The van der Waals surface area contributed by atoms with Crippen molar-refractivity contribution < 1.29 is 9.90 Å². The Kier molecular flexibility index (Phi) is 3.98. The van der Waals surface area contributed by atoms with Crippen LogP contribution in [0.25, 0.3) is 0 Å². The van der Waals surface area contributed by atoms with Gasteiger partial charge in [-0.05, 0) is 29.9 Å². The second kappa shape index (κ2) is 5.79. The molecule has 7 heteroatoms. The molecule has 2 aliphatic rings. The first-order valence-corrected chi connectivity index (χ1v) is 7.14. The van der Waals surface area contributed by atoms with Crippen LogP contribution in [0.15, 0.2) is 30.7 Å². The fraction of sp³-hybridized carbons (Fsp3) is 0.400. The molecule has 0 bridgehead atoms. The van der Waals surface area contributed by atoms with Crippen LogP contribution < -0.4 is 4.90 Å². The Morgan fingerprint density at radius 2 is 2.05 bits per heavy atom. The topological polar surface area (TPSA) is 71.2 Å². The van der Waals surface area contributed by atoms with Crippen LogP contribution in [-0.2, 0) is 6.54 Å². The molecular weight excluding hydrogens is 275 g/mol. The minimum atomic E-state index is -0.956. The minimum Gasteiger partial charge on any atom is -0.478 e. The first kappa shape index (κ1) is 15.1. The van der Waals surface area contributed by atoms with E-state index in [1.165, 1.54) is 18.8 Å². The van der Waals surface area contributed by atoms with Gasteiger partial charge in [0, 0.05) is 44.3 Å². The Bertz CT molecular complexity index is 675. The zero-order valence-corrected chi connectivity index (χ0v) is 12.5. The number of piperidine rings is 1. The van der Waals surface area contributed by atoms with E-state index in [0.29, 0.717) is 6.54 Å². The summed E-state index contributed by atoms with van der Waals surface area (Å²) < 4.78 is 1.62. The van der Waals surface area contributed by atoms with E-state index in [2.05, 4.69) is 15.0 Å². The summed E-state index contributed by atoms with van der Waals surface area (Å²) in [5.74, 6) is 1.87. The van der Waals surface area contributed by atoms with Crippen LogP contribution in [0.3, 0.4) is 0 Å². The molecule has 4 rings (SSSR count). The molecule has 0 spiro atoms. The molecule has 2 fully saturated rings. The number of aromatic nitrogens is 3. The molecule has 2 atom stereocenters. The predicted octanol–water partition coefficient (Wildman–Crippen LogP) is 1.10. The fourth-order valence-corrected chi connectivity index (χ4v) is 3.03. The van der Waals surface area contributed by atoms with Gasteiger partial charge in [-0.25, -0.2) is 9.78 Å². The molecule has 1 N–H and O–H groups in total. The van der Waals surface area contributed by atoms with Gasteiger partial charge in [0.2, 0.25) is 0 Å². The molecule has 2 aromatic heterocycles. The summed E-state index contributed by atoms with van der Waals surface area (Å²) in [6, 6.07) is 4.08. The van der Waals surface area contributed by atoms with E-state index in [1.54, 1.807) is 4.68 Å². The smallest absolute Gasteiger partial charge is 0.338 e. The quantitative estimate of drug-likeness (QED) is 0.854. The van der Waals surface area contributed by atoms with Crippen molar-refractivity contribution in [2.45, 2.75) is 13.0 Å². The van der Waals surface area contributed by atoms with Crippen molar-refractivity contribution in [3.63, 3.8) is 0 Å². The van der Waals surface area contributed by atoms with Crippen molar-refractivity contribution in [1.29, 1.82) is 0 Å². The molecule has 0 aromatic carbocycles. The summed E-state index contributed by atoms with van der Waals surface area (Å²) in [5, 5.41) is 12.9. The molecule has 2 aromatic rings. The van der Waals surface area contributed by atoms with Crippen LogP contribution in [-0.4, -0.2) is 57.8 Å². The normalized spacial score (nSPS) is 22.1. The number of carboxylic acid groups (broad SMARTS) is 1. The third-order valence-electron chi connectivity index (χ3n) is 4.34. The van der Waals surface area contributed by atoms with Crippen molar-refractivity contribution in [3.05, 3.63) is 41.9 Å². The number of nitrogens with zero attached hydrogens (tertiary/aromatic N) is 4. The van der Waals surface area contributed by atoms with Gasteiger partial charge in [0.25, 0.3) is 0 Å². The summed E-state index contributed by atoms with van der Waals surface area (Å²) in [6.07, 6.45) is 6.13. The molecule has 2 unspecified atom stereocenters. The van der Waals surface area contributed by atoms with E-state index in [-0.39, 0.29) is 24.4 Å². The largest absolute Gasteiger partial charge is 0.478 e. The second-order valence-corrected chi connectivity index (χ2v) is 5.92. The number of aromatic carboxylic acids is 1. The molecule has 22 heavy (non-hydrogen) atoms. The molecule has 6 nitrogen and oxygen atoms in total. The summed E-state index contributed by atoms with van der Waals surface area (Å²) in [7, 11) is 0. The van der Waals surface area contributed by atoms with Crippen LogP contribution in [0.1, 0.15) is 22.3 Å². The van der Waals surface area contributed by atoms with Crippen LogP contribution in [0.5, 0.6) is 0 Å². The van der Waals surface area contributed by atoms with Gasteiger partial charge in [-0.3, -0.25) is 4.68 Å². The Morgan fingerprint density at radius 3 is 2.64 bits per heavy atom. The maximum atomic E-state index is 10.8. The van der Waals surface area contributed by atoms with Crippen molar-refractivity contribution in [2.75, 3.05) is 18.0 Å². The molecular formula is C15H16LiN4O2. The van der Waals surface area contributed by atoms with Gasteiger partial charge in [0.15, 0.2) is 0 Å². The van der Waals surface area contributed by atoms with Crippen LogP contribution in [0.4, 0.5) is 5.82 Å². The van der Waals surface area contributed by atoms with E-state index in [1.807, 2.05) is 18.3 Å². The summed E-state index contributed by atoms with van der Waals surface area (Å²) in [5.41, 5.74) is 1.22. The third kappa shape index (κ3) is 2.89. The standard InChI is InChI=1S/C15H16N4O2.Li/c20-15(21)13-5-17-19(9-13)6-10-1-2-14(16-4-10)18-7-11-3-12(11)8-18;/h1-2,4-5,9,11-12H,3,6-8H2,(H,20,21);. The predicted molar refractivity (Wildman–Crippen MR) is 82.1 cm³/mol. The van der Waals surface area contributed by atoms with E-state index >= 15 is 0 Å². The number of fused-ring (bicyclic) bond motifs is 1. The number of hydrogen-bond acceptors (Lipinski definition) is 4. The number of hydrogen-bond donors (Lipinski definition) is 1. The zero-order chi connectivity index (χ0) is 14.4. The Labute approximate surface area is 140 Å². The van der Waals surface area contributed by atoms with Gasteiger partial charge < -0.3 is 10.0 Å². The van der Waals surface area contributed by atoms with Crippen molar-refractivity contribution in [1.82, 2.24) is 14.8 Å². The van der Waals surface area contributed by atoms with Gasteiger partial charge >= 0.3 is 5.97 Å². The molecule has 0 amide bonds. The number of anilines is 1. The van der Waals surface area contributed by atoms with E-state index in [4.69, 9.17) is 5.11 Å². The molecule has 1 saturated heterocycles. The summed E-state index contributed by atoms with van der Waals surface area (Å²) >= 11 is 0. The van der Waals surface area contributed by atoms with E-state index < -0.39 is 5.97 Å². The first-order valence-electron chi connectivity index (χ1n) is 7.14. The SMILES string of the molecule is O=C(O)c1cnn(Cc2ccc(N3CC4CC4C3)nc2)c1.[Li]. The summed E-state index contributed by atoms with van der Waals surface area (Å²) in [6.45, 7) is 2.81. The third-order valence-corrected chi connectivity index (χ3v) is 4.34. The monoisotopic (exact) mass is 291 g/mol. The first-order chi connectivity index (χ1) is 10.2. The molecule has 3 heterocycles. The molecule has 1 radical (unpaired) electrons.